The molecule has 0 spiro atoms. The Bertz CT molecular complexity index is 530. The molecular weight excluding hydrogens is 278 g/mol. The van der Waals surface area contributed by atoms with Crippen LogP contribution in [0.5, 0.6) is 11.5 Å². The predicted molar refractivity (Wildman–Crippen MR) is 67.9 cm³/mol. The lowest BCUT2D eigenvalue weighted by Gasteiger charge is -2.19. The molecule has 0 saturated carbocycles. The predicted octanol–water partition coefficient (Wildman–Crippen LogP) is 1.36. The summed E-state index contributed by atoms with van der Waals surface area (Å²) in [6.07, 6.45) is 0. The lowest BCUT2D eigenvalue weighted by atomic mass is 10.3. The number of ether oxygens (including phenoxy) is 2. The van der Waals surface area contributed by atoms with Crippen LogP contribution in [0.25, 0.3) is 0 Å². The van der Waals surface area contributed by atoms with Crippen LogP contribution in [0.4, 0.5) is 0 Å². The van der Waals surface area contributed by atoms with E-state index in [1.54, 1.807) is 13.0 Å². The normalized spacial score (nSPS) is 16.3. The molecule has 1 aromatic carbocycles. The van der Waals surface area contributed by atoms with Crippen molar-refractivity contribution in [1.82, 2.24) is 4.72 Å². The van der Waals surface area contributed by atoms with Crippen LogP contribution in [0.15, 0.2) is 23.1 Å². The molecule has 0 aromatic heterocycles. The average molecular weight is 292 g/mol. The number of fused-ring (bicyclic) bond motifs is 1. The topological polar surface area (TPSA) is 64.6 Å². The molecule has 1 unspecified atom stereocenters. The van der Waals surface area contributed by atoms with E-state index >= 15 is 0 Å². The Hall–Kier alpha value is -0.980. The molecule has 5 nitrogen and oxygen atoms in total. The Morgan fingerprint density at radius 3 is 2.67 bits per heavy atom. The first-order valence-corrected chi connectivity index (χ1v) is 7.44. The zero-order valence-corrected chi connectivity index (χ0v) is 11.4. The maximum Gasteiger partial charge on any atom is 0.240 e. The summed E-state index contributed by atoms with van der Waals surface area (Å²) in [7, 11) is -3.56. The van der Waals surface area contributed by atoms with Crippen molar-refractivity contribution in [2.24, 2.45) is 0 Å². The number of hydrogen-bond donors (Lipinski definition) is 1. The van der Waals surface area contributed by atoms with Gasteiger partial charge in [-0.3, -0.25) is 0 Å². The van der Waals surface area contributed by atoms with Crippen LogP contribution in [0, 0.1) is 0 Å². The maximum absolute atomic E-state index is 12.0. The molecule has 0 amide bonds. The highest BCUT2D eigenvalue weighted by Crippen LogP contribution is 2.32. The molecule has 1 N–H and O–H groups in total. The minimum atomic E-state index is -3.56. The third-order valence-corrected chi connectivity index (χ3v) is 3.95. The summed E-state index contributed by atoms with van der Waals surface area (Å²) in [6, 6.07) is 4.53. The third-order valence-electron chi connectivity index (χ3n) is 2.38. The van der Waals surface area contributed by atoms with E-state index in [-0.39, 0.29) is 16.8 Å². The number of halogens is 1. The van der Waals surface area contributed by atoms with Crippen LogP contribution in [0.1, 0.15) is 6.92 Å². The smallest absolute Gasteiger partial charge is 0.240 e. The highest BCUT2D eigenvalue weighted by molar-refractivity contribution is 7.89. The summed E-state index contributed by atoms with van der Waals surface area (Å²) >= 11 is 5.71. The summed E-state index contributed by atoms with van der Waals surface area (Å²) in [5, 5.41) is -0.267. The number of rotatable bonds is 4. The van der Waals surface area contributed by atoms with Crippen LogP contribution in [0.2, 0.25) is 0 Å². The van der Waals surface area contributed by atoms with E-state index in [1.165, 1.54) is 12.1 Å². The molecule has 0 bridgehead atoms. The molecule has 1 aliphatic heterocycles. The van der Waals surface area contributed by atoms with Gasteiger partial charge in [0, 0.05) is 18.0 Å². The summed E-state index contributed by atoms with van der Waals surface area (Å²) in [5.41, 5.74) is 0. The van der Waals surface area contributed by atoms with Crippen molar-refractivity contribution < 1.29 is 17.9 Å². The molecule has 18 heavy (non-hydrogen) atoms. The van der Waals surface area contributed by atoms with Gasteiger partial charge >= 0.3 is 0 Å². The van der Waals surface area contributed by atoms with Crippen molar-refractivity contribution in [3.8, 4) is 11.5 Å². The van der Waals surface area contributed by atoms with Gasteiger partial charge < -0.3 is 9.47 Å². The van der Waals surface area contributed by atoms with Crippen LogP contribution >= 0.6 is 11.6 Å². The van der Waals surface area contributed by atoms with Crippen molar-refractivity contribution in [2.45, 2.75) is 17.2 Å². The van der Waals surface area contributed by atoms with Crippen LogP contribution in [-0.4, -0.2) is 33.6 Å². The van der Waals surface area contributed by atoms with E-state index < -0.39 is 10.0 Å². The zero-order valence-electron chi connectivity index (χ0n) is 9.85. The van der Waals surface area contributed by atoms with E-state index in [0.717, 1.165) is 0 Å². The van der Waals surface area contributed by atoms with Gasteiger partial charge in [0.1, 0.15) is 13.2 Å². The van der Waals surface area contributed by atoms with Gasteiger partial charge in [-0.25, -0.2) is 13.1 Å². The number of nitrogens with one attached hydrogen (secondary N) is 1. The molecule has 0 aliphatic carbocycles. The van der Waals surface area contributed by atoms with Gasteiger partial charge in [0.25, 0.3) is 0 Å². The number of alkyl halides is 1. The molecule has 1 heterocycles. The number of sulfonamides is 1. The molecule has 1 atom stereocenters. The molecule has 2 rings (SSSR count). The van der Waals surface area contributed by atoms with E-state index in [4.69, 9.17) is 21.1 Å². The van der Waals surface area contributed by atoms with Gasteiger partial charge in [-0.1, -0.05) is 0 Å². The minimum absolute atomic E-state index is 0.143. The second kappa shape index (κ2) is 5.34. The van der Waals surface area contributed by atoms with Crippen molar-refractivity contribution in [2.75, 3.05) is 19.8 Å². The molecule has 7 heteroatoms. The first kappa shape index (κ1) is 13.5. The van der Waals surface area contributed by atoms with Gasteiger partial charge in [-0.2, -0.15) is 0 Å². The molecule has 1 aliphatic rings. The number of benzene rings is 1. The van der Waals surface area contributed by atoms with Crippen LogP contribution in [-0.2, 0) is 10.0 Å². The fourth-order valence-corrected chi connectivity index (χ4v) is 2.81. The van der Waals surface area contributed by atoms with E-state index in [1.807, 2.05) is 0 Å². The van der Waals surface area contributed by atoms with Crippen molar-refractivity contribution >= 4 is 21.6 Å². The van der Waals surface area contributed by atoms with Gasteiger partial charge in [-0.05, 0) is 19.1 Å². The SMILES string of the molecule is CC(Cl)CNS(=O)(=O)c1ccc2c(c1)OCCO2. The third kappa shape index (κ3) is 3.07. The van der Waals surface area contributed by atoms with Gasteiger partial charge in [-0.15, -0.1) is 11.6 Å². The molecule has 0 saturated heterocycles. The van der Waals surface area contributed by atoms with Gasteiger partial charge in [0.15, 0.2) is 11.5 Å². The van der Waals surface area contributed by atoms with Crippen molar-refractivity contribution in [3.63, 3.8) is 0 Å². The van der Waals surface area contributed by atoms with Crippen LogP contribution < -0.4 is 14.2 Å². The summed E-state index contributed by atoms with van der Waals surface area (Å²) < 4.78 is 37.0. The Balaban J connectivity index is 2.22. The second-order valence-electron chi connectivity index (χ2n) is 3.94. The fraction of sp³-hybridized carbons (Fsp3) is 0.455. The molecule has 100 valence electrons. The van der Waals surface area contributed by atoms with Gasteiger partial charge in [0.05, 0.1) is 4.90 Å². The van der Waals surface area contributed by atoms with Crippen molar-refractivity contribution in [3.05, 3.63) is 18.2 Å². The quantitative estimate of drug-likeness (QED) is 0.851. The molecule has 1 aromatic rings. The molecular formula is C11H14ClNO4S. The molecule has 0 radical (unpaired) electrons. The Kier molecular flexibility index (Phi) is 3.99. The Morgan fingerprint density at radius 1 is 1.33 bits per heavy atom. The average Bonchev–Trinajstić information content (AvgIpc) is 2.36. The standard InChI is InChI=1S/C11H14ClNO4S/c1-8(12)7-13-18(14,15)9-2-3-10-11(6-9)17-5-4-16-10/h2-3,6,8,13H,4-5,7H2,1H3. The Labute approximate surface area is 111 Å². The largest absolute Gasteiger partial charge is 0.486 e. The monoisotopic (exact) mass is 291 g/mol. The highest BCUT2D eigenvalue weighted by atomic mass is 35.5. The van der Waals surface area contributed by atoms with E-state index in [0.29, 0.717) is 24.7 Å². The van der Waals surface area contributed by atoms with Crippen LogP contribution in [0.3, 0.4) is 0 Å². The lowest BCUT2D eigenvalue weighted by Crippen LogP contribution is -2.28. The Morgan fingerprint density at radius 2 is 2.00 bits per heavy atom. The summed E-state index contributed by atoms with van der Waals surface area (Å²) in [6.45, 7) is 2.79. The lowest BCUT2D eigenvalue weighted by molar-refractivity contribution is 0.171. The van der Waals surface area contributed by atoms with E-state index in [2.05, 4.69) is 4.72 Å². The zero-order chi connectivity index (χ0) is 13.2. The first-order chi connectivity index (χ1) is 8.49. The summed E-state index contributed by atoms with van der Waals surface area (Å²) in [5.74, 6) is 1.01. The van der Waals surface area contributed by atoms with Gasteiger partial charge in [0.2, 0.25) is 10.0 Å². The number of hydrogen-bond acceptors (Lipinski definition) is 4. The first-order valence-electron chi connectivity index (χ1n) is 5.52. The summed E-state index contributed by atoms with van der Waals surface area (Å²) in [4.78, 5) is 0.143. The van der Waals surface area contributed by atoms with Crippen molar-refractivity contribution in [1.29, 1.82) is 0 Å². The van der Waals surface area contributed by atoms with E-state index in [9.17, 15) is 8.42 Å². The maximum atomic E-state index is 12.0. The molecule has 0 fully saturated rings. The minimum Gasteiger partial charge on any atom is -0.486 e. The second-order valence-corrected chi connectivity index (χ2v) is 6.45. The fourth-order valence-electron chi connectivity index (χ4n) is 1.50. The highest BCUT2D eigenvalue weighted by Gasteiger charge is 2.19.